The van der Waals surface area contributed by atoms with Gasteiger partial charge in [0.15, 0.2) is 5.96 Å². The number of benzene rings is 2. The van der Waals surface area contributed by atoms with E-state index in [1.54, 1.807) is 0 Å². The van der Waals surface area contributed by atoms with Crippen molar-refractivity contribution in [1.29, 1.82) is 0 Å². The topological polar surface area (TPSA) is 36.4 Å². The molecule has 0 fully saturated rings. The number of thioether (sulfide) groups is 1. The predicted molar refractivity (Wildman–Crippen MR) is 91.1 cm³/mol. The highest BCUT2D eigenvalue weighted by Crippen LogP contribution is 2.21. The van der Waals surface area contributed by atoms with Crippen LogP contribution in [0.4, 0.5) is 5.69 Å². The third kappa shape index (κ3) is 3.58. The van der Waals surface area contributed by atoms with Crippen molar-refractivity contribution < 1.29 is 0 Å². The van der Waals surface area contributed by atoms with Crippen molar-refractivity contribution in [3.05, 3.63) is 59.7 Å². The molecule has 4 heteroatoms. The number of hydrogen-bond donors (Lipinski definition) is 2. The summed E-state index contributed by atoms with van der Waals surface area (Å²) in [5.74, 6) is 1.90. The van der Waals surface area contributed by atoms with E-state index in [4.69, 9.17) is 0 Å². The maximum atomic E-state index is 4.52. The van der Waals surface area contributed by atoms with E-state index in [2.05, 4.69) is 58.9 Å². The van der Waals surface area contributed by atoms with Crippen LogP contribution in [0.5, 0.6) is 0 Å². The fourth-order valence-corrected chi connectivity index (χ4v) is 3.15. The molecule has 0 aromatic heterocycles. The lowest BCUT2D eigenvalue weighted by Gasteiger charge is -2.19. The minimum absolute atomic E-state index is 0.746. The number of rotatable bonds is 4. The lowest BCUT2D eigenvalue weighted by Crippen LogP contribution is -2.34. The second kappa shape index (κ2) is 6.68. The van der Waals surface area contributed by atoms with Crippen LogP contribution < -0.4 is 10.6 Å². The summed E-state index contributed by atoms with van der Waals surface area (Å²) in [5.41, 5.74) is 3.74. The van der Waals surface area contributed by atoms with Gasteiger partial charge in [-0.2, -0.15) is 0 Å². The van der Waals surface area contributed by atoms with Crippen LogP contribution >= 0.6 is 11.8 Å². The first-order valence-corrected chi connectivity index (χ1v) is 8.13. The number of fused-ring (bicyclic) bond motifs is 1. The van der Waals surface area contributed by atoms with Crippen LogP contribution in [0.15, 0.2) is 58.4 Å². The van der Waals surface area contributed by atoms with Crippen LogP contribution in [-0.2, 0) is 6.54 Å². The van der Waals surface area contributed by atoms with Gasteiger partial charge in [0.1, 0.15) is 0 Å². The summed E-state index contributed by atoms with van der Waals surface area (Å²) in [6, 6.07) is 16.8. The van der Waals surface area contributed by atoms with Gasteiger partial charge in [-0.1, -0.05) is 36.4 Å². The second-order valence-corrected chi connectivity index (χ2v) is 6.12. The van der Waals surface area contributed by atoms with Gasteiger partial charge in [0.25, 0.3) is 0 Å². The van der Waals surface area contributed by atoms with Gasteiger partial charge in [0, 0.05) is 22.9 Å². The average Bonchev–Trinajstić information content (AvgIpc) is 2.53. The summed E-state index contributed by atoms with van der Waals surface area (Å²) in [6.07, 6.45) is 0. The Labute approximate surface area is 129 Å². The maximum absolute atomic E-state index is 4.52. The first-order chi connectivity index (χ1) is 10.3. The lowest BCUT2D eigenvalue weighted by atomic mass is 10.1. The zero-order valence-corrected chi connectivity index (χ0v) is 12.9. The molecule has 3 nitrogen and oxygen atoms in total. The Kier molecular flexibility index (Phi) is 4.46. The van der Waals surface area contributed by atoms with Crippen LogP contribution in [0.1, 0.15) is 11.1 Å². The molecule has 0 saturated heterocycles. The first-order valence-electron chi connectivity index (χ1n) is 7.14. The number of nitrogens with one attached hydrogen (secondary N) is 2. The predicted octanol–water partition coefficient (Wildman–Crippen LogP) is 3.66. The van der Waals surface area contributed by atoms with Crippen LogP contribution in [-0.4, -0.2) is 18.3 Å². The largest absolute Gasteiger partial charge is 0.355 e. The van der Waals surface area contributed by atoms with Crippen molar-refractivity contribution >= 4 is 23.4 Å². The Morgan fingerprint density at radius 2 is 1.95 bits per heavy atom. The number of nitrogens with zero attached hydrogens (tertiary/aromatic N) is 1. The third-order valence-corrected chi connectivity index (χ3v) is 4.60. The fraction of sp³-hybridized carbons (Fsp3) is 0.235. The summed E-state index contributed by atoms with van der Waals surface area (Å²) in [7, 11) is 0. The number of aryl methyl sites for hydroxylation is 1. The monoisotopic (exact) mass is 297 g/mol. The van der Waals surface area contributed by atoms with Gasteiger partial charge >= 0.3 is 0 Å². The van der Waals surface area contributed by atoms with Crippen LogP contribution in [0, 0.1) is 6.92 Å². The molecule has 21 heavy (non-hydrogen) atoms. The minimum atomic E-state index is 0.746. The molecule has 2 N–H and O–H groups in total. The van der Waals surface area contributed by atoms with Crippen LogP contribution in [0.2, 0.25) is 0 Å². The number of anilines is 1. The van der Waals surface area contributed by atoms with Gasteiger partial charge in [0.2, 0.25) is 0 Å². The molecule has 2 aromatic carbocycles. The molecule has 0 aliphatic carbocycles. The standard InChI is InChI=1S/C17H19N3S/c1-13-6-2-5-9-16(13)21-11-10-18-17-19-12-14-7-3-4-8-15(14)20-17/h2-9H,10-12H2,1H3,(H2,18,19,20). The number of para-hydroxylation sites is 1. The molecular weight excluding hydrogens is 278 g/mol. The summed E-state index contributed by atoms with van der Waals surface area (Å²) in [6.45, 7) is 3.79. The molecule has 108 valence electrons. The molecule has 1 aliphatic rings. The molecule has 1 aliphatic heterocycles. The Morgan fingerprint density at radius 3 is 2.86 bits per heavy atom. The van der Waals surface area contributed by atoms with E-state index >= 15 is 0 Å². The van der Waals surface area contributed by atoms with Crippen molar-refractivity contribution in [2.75, 3.05) is 17.6 Å². The number of aliphatic imine (C=N–C) groups is 1. The molecule has 0 bridgehead atoms. The fourth-order valence-electron chi connectivity index (χ4n) is 2.26. The second-order valence-electron chi connectivity index (χ2n) is 4.99. The zero-order valence-electron chi connectivity index (χ0n) is 12.1. The Bertz CT molecular complexity index is 652. The molecule has 2 aromatic rings. The van der Waals surface area contributed by atoms with E-state index in [1.807, 2.05) is 23.9 Å². The van der Waals surface area contributed by atoms with Crippen molar-refractivity contribution in [3.8, 4) is 0 Å². The third-order valence-electron chi connectivity index (χ3n) is 3.42. The van der Waals surface area contributed by atoms with Gasteiger partial charge in [-0.25, -0.2) is 4.99 Å². The van der Waals surface area contributed by atoms with E-state index in [-0.39, 0.29) is 0 Å². The van der Waals surface area contributed by atoms with Crippen LogP contribution in [0.25, 0.3) is 0 Å². The van der Waals surface area contributed by atoms with Gasteiger partial charge in [-0.15, -0.1) is 11.8 Å². The van der Waals surface area contributed by atoms with Crippen LogP contribution in [0.3, 0.4) is 0 Å². The van der Waals surface area contributed by atoms with Crippen molar-refractivity contribution in [1.82, 2.24) is 5.32 Å². The molecule has 0 spiro atoms. The molecule has 0 atom stereocenters. The highest BCUT2D eigenvalue weighted by atomic mass is 32.2. The quantitative estimate of drug-likeness (QED) is 0.668. The molecule has 0 amide bonds. The highest BCUT2D eigenvalue weighted by Gasteiger charge is 2.09. The molecule has 3 rings (SSSR count). The summed E-state index contributed by atoms with van der Waals surface area (Å²) >= 11 is 1.88. The zero-order chi connectivity index (χ0) is 14.5. The van der Waals surface area contributed by atoms with Gasteiger partial charge in [0.05, 0.1) is 6.54 Å². The van der Waals surface area contributed by atoms with Crippen molar-refractivity contribution in [2.24, 2.45) is 4.99 Å². The molecule has 0 radical (unpaired) electrons. The van der Waals surface area contributed by atoms with E-state index in [1.165, 1.54) is 16.0 Å². The first kappa shape index (κ1) is 14.0. The number of guanidine groups is 1. The Balaban J connectivity index is 1.47. The molecule has 0 unspecified atom stereocenters. The van der Waals surface area contributed by atoms with Crippen molar-refractivity contribution in [3.63, 3.8) is 0 Å². The van der Waals surface area contributed by atoms with E-state index < -0.39 is 0 Å². The smallest absolute Gasteiger partial charge is 0.196 e. The van der Waals surface area contributed by atoms with E-state index in [9.17, 15) is 0 Å². The molecular formula is C17H19N3S. The van der Waals surface area contributed by atoms with Gasteiger partial charge in [-0.05, 0) is 30.2 Å². The lowest BCUT2D eigenvalue weighted by molar-refractivity contribution is 0.928. The number of hydrogen-bond acceptors (Lipinski definition) is 4. The summed E-state index contributed by atoms with van der Waals surface area (Å²) < 4.78 is 0. The van der Waals surface area contributed by atoms with Crippen molar-refractivity contribution in [2.45, 2.75) is 18.4 Å². The van der Waals surface area contributed by atoms with Gasteiger partial charge in [-0.3, -0.25) is 0 Å². The highest BCUT2D eigenvalue weighted by molar-refractivity contribution is 7.99. The molecule has 0 saturated carbocycles. The SMILES string of the molecule is Cc1ccccc1SCCNC1=NCc2ccccc2N1. The minimum Gasteiger partial charge on any atom is -0.355 e. The average molecular weight is 297 g/mol. The normalized spacial score (nSPS) is 13.1. The van der Waals surface area contributed by atoms with E-state index in [0.29, 0.717) is 0 Å². The Morgan fingerprint density at radius 1 is 1.14 bits per heavy atom. The van der Waals surface area contributed by atoms with E-state index in [0.717, 1.165) is 30.5 Å². The maximum Gasteiger partial charge on any atom is 0.196 e. The molecule has 1 heterocycles. The Hall–Kier alpha value is -1.94. The summed E-state index contributed by atoms with van der Waals surface area (Å²) in [5, 5.41) is 6.71. The van der Waals surface area contributed by atoms with Gasteiger partial charge < -0.3 is 10.6 Å². The summed E-state index contributed by atoms with van der Waals surface area (Å²) in [4.78, 5) is 5.87.